The monoisotopic (exact) mass is 914 g/mol. The molecular weight excluding hydrogens is 848 g/mol. The van der Waals surface area contributed by atoms with Crippen LogP contribution in [-0.2, 0) is 57.2 Å². The van der Waals surface area contributed by atoms with E-state index < -0.39 is 29.9 Å². The van der Waals surface area contributed by atoms with Crippen molar-refractivity contribution in [3.63, 3.8) is 0 Å². The van der Waals surface area contributed by atoms with Crippen molar-refractivity contribution >= 4 is 35.5 Å². The molecule has 0 heterocycles. The van der Waals surface area contributed by atoms with Gasteiger partial charge in [-0.3, -0.25) is 24.0 Å². The summed E-state index contributed by atoms with van der Waals surface area (Å²) in [7, 11) is 0. The number of hydrogen-bond acceptors (Lipinski definition) is 15. The van der Waals surface area contributed by atoms with E-state index in [9.17, 15) is 33.9 Å². The highest BCUT2D eigenvalue weighted by Crippen LogP contribution is 2.07. The summed E-state index contributed by atoms with van der Waals surface area (Å²) >= 11 is 0. The number of unbranched alkanes of at least 4 members (excludes halogenated alkanes) is 2. The Morgan fingerprint density at radius 1 is 0.438 bits per heavy atom. The van der Waals surface area contributed by atoms with Crippen molar-refractivity contribution in [2.45, 2.75) is 82.7 Å². The van der Waals surface area contributed by atoms with E-state index >= 15 is 0 Å². The summed E-state index contributed by atoms with van der Waals surface area (Å²) in [5.74, 6) is -3.19. The third-order valence-corrected chi connectivity index (χ3v) is 8.39. The lowest BCUT2D eigenvalue weighted by molar-refractivity contribution is -0.142. The molecule has 2 unspecified atom stereocenters. The Hall–Kier alpha value is -5.49. The zero-order valence-electron chi connectivity index (χ0n) is 36.5. The lowest BCUT2D eigenvalue weighted by Gasteiger charge is -2.22. The Labute approximate surface area is 371 Å². The van der Waals surface area contributed by atoms with Gasteiger partial charge in [-0.05, 0) is 61.5 Å². The minimum Gasteiger partial charge on any atom is -0.480 e. The molecular formula is C37H66N14O13. The van der Waals surface area contributed by atoms with E-state index in [0.29, 0.717) is 38.8 Å². The number of nitrogens with zero attached hydrogens (tertiary/aromatic N) is 9. The molecule has 0 aromatic carbocycles. The summed E-state index contributed by atoms with van der Waals surface area (Å²) in [6, 6.07) is -2.33. The summed E-state index contributed by atoms with van der Waals surface area (Å²) in [4.78, 5) is 82.7. The van der Waals surface area contributed by atoms with Crippen LogP contribution in [-0.4, -0.2) is 171 Å². The molecule has 0 fully saturated rings. The highest BCUT2D eigenvalue weighted by Gasteiger charge is 2.26. The fourth-order valence-corrected chi connectivity index (χ4v) is 5.12. The molecule has 0 aliphatic rings. The molecule has 0 radical (unpaired) electrons. The zero-order chi connectivity index (χ0) is 47.1. The molecule has 5 amide bonds. The number of carboxylic acids is 1. The molecule has 27 nitrogen and oxygen atoms in total. The molecule has 2 atom stereocenters. The molecule has 0 bridgehead atoms. The Morgan fingerprint density at radius 3 is 1.17 bits per heavy atom. The summed E-state index contributed by atoms with van der Waals surface area (Å²) in [5, 5.41) is 33.3. The first-order valence-electron chi connectivity index (χ1n) is 21.3. The molecule has 0 aromatic heterocycles. The second-order valence-electron chi connectivity index (χ2n) is 13.5. The Morgan fingerprint density at radius 2 is 0.797 bits per heavy atom. The van der Waals surface area contributed by atoms with Gasteiger partial charge >= 0.3 is 5.97 Å². The van der Waals surface area contributed by atoms with Gasteiger partial charge in [0.1, 0.15) is 12.1 Å². The van der Waals surface area contributed by atoms with Crippen LogP contribution in [0.2, 0.25) is 0 Å². The van der Waals surface area contributed by atoms with E-state index in [1.165, 1.54) is 0 Å². The van der Waals surface area contributed by atoms with E-state index in [2.05, 4.69) is 56.7 Å². The Bertz CT molecular complexity index is 1460. The maximum Gasteiger partial charge on any atom is 0.326 e. The van der Waals surface area contributed by atoms with Crippen molar-refractivity contribution in [3.8, 4) is 0 Å². The van der Waals surface area contributed by atoms with Gasteiger partial charge in [-0.15, -0.1) is 0 Å². The average Bonchev–Trinajstić information content (AvgIpc) is 3.27. The van der Waals surface area contributed by atoms with Crippen molar-refractivity contribution in [2.24, 2.45) is 15.3 Å². The molecule has 0 saturated carbocycles. The number of aliphatic carboxylic acids is 1. The Balaban J connectivity index is 4.82. The van der Waals surface area contributed by atoms with E-state index in [1.807, 2.05) is 0 Å². The lowest BCUT2D eigenvalue weighted by Crippen LogP contribution is -2.51. The van der Waals surface area contributed by atoms with Crippen LogP contribution in [0.1, 0.15) is 70.6 Å². The number of ether oxygens (including phenoxy) is 6. The van der Waals surface area contributed by atoms with Crippen molar-refractivity contribution in [2.75, 3.05) is 119 Å². The van der Waals surface area contributed by atoms with E-state index in [0.717, 1.165) is 0 Å². The summed E-state index contributed by atoms with van der Waals surface area (Å²) in [5.41, 5.74) is 24.7. The lowest BCUT2D eigenvalue weighted by atomic mass is 10.1. The van der Waals surface area contributed by atoms with Gasteiger partial charge < -0.3 is 60.1 Å². The fraction of sp³-hybridized carbons (Fsp3) is 0.838. The van der Waals surface area contributed by atoms with E-state index in [1.54, 1.807) is 0 Å². The summed E-state index contributed by atoms with van der Waals surface area (Å²) in [6.07, 6.45) is 2.45. The zero-order valence-corrected chi connectivity index (χ0v) is 36.5. The molecule has 0 spiro atoms. The summed E-state index contributed by atoms with van der Waals surface area (Å²) < 4.78 is 31.7. The number of nitrogens with one attached hydrogen (secondary N) is 5. The van der Waals surface area contributed by atoms with Crippen LogP contribution in [0.15, 0.2) is 15.3 Å². The van der Waals surface area contributed by atoms with Crippen LogP contribution < -0.4 is 26.6 Å². The maximum atomic E-state index is 13.4. The second-order valence-corrected chi connectivity index (χ2v) is 13.5. The van der Waals surface area contributed by atoms with Gasteiger partial charge in [0.05, 0.1) is 79.3 Å². The minimum absolute atomic E-state index is 0.0253. The van der Waals surface area contributed by atoms with Gasteiger partial charge in [0, 0.05) is 79.7 Å². The van der Waals surface area contributed by atoms with E-state index in [-0.39, 0.29) is 168 Å². The van der Waals surface area contributed by atoms with Gasteiger partial charge in [0.25, 0.3) is 0 Å². The molecule has 27 heteroatoms. The smallest absolute Gasteiger partial charge is 0.326 e. The number of azide groups is 3. The number of carbonyl (C=O) groups is 6. The third kappa shape index (κ3) is 39.4. The second kappa shape index (κ2) is 44.1. The first kappa shape index (κ1) is 58.5. The van der Waals surface area contributed by atoms with Crippen LogP contribution in [0, 0.1) is 0 Å². The van der Waals surface area contributed by atoms with Crippen molar-refractivity contribution < 1.29 is 62.3 Å². The topological polar surface area (TPSA) is 384 Å². The SMILES string of the molecule is [N-]=[N+]=NCCOCCOCCC(=O)NCCCCC(NC(=O)C(CCCCNC(=O)CCOCCOCCN=[N+]=[N-])NC(=O)CCCNC(=O)CCOCCOCCN=[N+]=[N-])C(=O)O. The third-order valence-electron chi connectivity index (χ3n) is 8.39. The van der Waals surface area contributed by atoms with Crippen LogP contribution in [0.25, 0.3) is 31.3 Å². The highest BCUT2D eigenvalue weighted by atomic mass is 16.5. The van der Waals surface area contributed by atoms with Crippen LogP contribution in [0.5, 0.6) is 0 Å². The number of carboxylic acid groups (broad SMARTS) is 1. The number of carbonyl (C=O) groups excluding carboxylic acids is 5. The van der Waals surface area contributed by atoms with Crippen LogP contribution >= 0.6 is 0 Å². The first-order valence-corrected chi connectivity index (χ1v) is 21.3. The Kier molecular flexibility index (Phi) is 40.3. The van der Waals surface area contributed by atoms with Gasteiger partial charge in [0.2, 0.25) is 29.5 Å². The predicted octanol–water partition coefficient (Wildman–Crippen LogP) is 1.71. The molecule has 362 valence electrons. The predicted molar refractivity (Wildman–Crippen MR) is 228 cm³/mol. The van der Waals surface area contributed by atoms with Crippen LogP contribution in [0.4, 0.5) is 0 Å². The number of hydrogen-bond donors (Lipinski definition) is 6. The number of rotatable bonds is 45. The largest absolute Gasteiger partial charge is 0.480 e. The standard InChI is InChI=1S/C37H66N14O13/c38-49-44-15-21-62-27-24-59-18-9-32(52)41-12-3-1-6-30(47-35(55)8-5-14-43-34(54)11-20-61-26-29-64-23-17-46-51-40)36(56)48-31(37(57)58)7-2-4-13-42-33(53)10-19-60-25-28-63-22-16-45-50-39/h30-31H,1-29H2,(H,41,52)(H,42,53)(H,43,54)(H,47,55)(H,48,56)(H,57,58). The van der Waals surface area contributed by atoms with Crippen LogP contribution in [0.3, 0.4) is 0 Å². The van der Waals surface area contributed by atoms with Gasteiger partial charge in [-0.25, -0.2) is 4.79 Å². The molecule has 0 aliphatic heterocycles. The minimum atomic E-state index is -1.26. The molecule has 6 N–H and O–H groups in total. The average molecular weight is 915 g/mol. The molecule has 64 heavy (non-hydrogen) atoms. The van der Waals surface area contributed by atoms with Crippen molar-refractivity contribution in [1.82, 2.24) is 26.6 Å². The summed E-state index contributed by atoms with van der Waals surface area (Å²) in [6.45, 7) is 4.38. The fourth-order valence-electron chi connectivity index (χ4n) is 5.12. The highest BCUT2D eigenvalue weighted by molar-refractivity contribution is 5.90. The number of amides is 5. The quantitative estimate of drug-likeness (QED) is 0.0220. The van der Waals surface area contributed by atoms with E-state index in [4.69, 9.17) is 45.0 Å². The molecule has 0 aliphatic carbocycles. The molecule has 0 saturated heterocycles. The van der Waals surface area contributed by atoms with Gasteiger partial charge in [-0.2, -0.15) is 0 Å². The molecule has 0 aromatic rings. The van der Waals surface area contributed by atoms with Gasteiger partial charge in [-0.1, -0.05) is 15.3 Å². The normalized spacial score (nSPS) is 11.4. The first-order chi connectivity index (χ1) is 31.1. The van der Waals surface area contributed by atoms with Crippen molar-refractivity contribution in [1.29, 1.82) is 0 Å². The maximum absolute atomic E-state index is 13.4. The van der Waals surface area contributed by atoms with Gasteiger partial charge in [0.15, 0.2) is 0 Å². The molecule has 0 rings (SSSR count). The van der Waals surface area contributed by atoms with Crippen molar-refractivity contribution in [3.05, 3.63) is 31.3 Å².